The van der Waals surface area contributed by atoms with Gasteiger partial charge < -0.3 is 31.4 Å². The number of nitrogens with zero attached hydrogens (tertiary/aromatic N) is 2. The smallest absolute Gasteiger partial charge is 0.270 e. The van der Waals surface area contributed by atoms with Crippen molar-refractivity contribution in [1.29, 1.82) is 0 Å². The average molecular weight is 422 g/mol. The van der Waals surface area contributed by atoms with E-state index in [1.807, 2.05) is 6.92 Å². The number of nitrogens with two attached hydrogens (primary N) is 2. The maximum absolute atomic E-state index is 12.5. The Morgan fingerprint density at radius 1 is 1.45 bits per heavy atom. The third-order valence-electron chi connectivity index (χ3n) is 3.76. The van der Waals surface area contributed by atoms with Gasteiger partial charge >= 0.3 is 0 Å². The summed E-state index contributed by atoms with van der Waals surface area (Å²) in [5.41, 5.74) is 9.84. The highest BCUT2D eigenvalue weighted by Gasteiger charge is 2.28. The number of benzene rings is 1. The first kappa shape index (κ1) is 24.2. The van der Waals surface area contributed by atoms with Crippen LogP contribution < -0.4 is 21.5 Å². The Balaban J connectivity index is 0.00000204. The number of aldehydes is 1. The fourth-order valence-electron chi connectivity index (χ4n) is 2.23. The summed E-state index contributed by atoms with van der Waals surface area (Å²) in [7, 11) is 2.94. The van der Waals surface area contributed by atoms with Gasteiger partial charge in [-0.05, 0) is 39.1 Å². The maximum Gasteiger partial charge on any atom is 0.270 e. The first-order valence-electron chi connectivity index (χ1n) is 8.70. The SMILES string of the molecule is CN.CN=C(C(=O)NC(C)(C=O)CO)c1cc(OCc2cnc(C)s2)ccc1N. The summed E-state index contributed by atoms with van der Waals surface area (Å²) in [5.74, 6) is -0.109. The van der Waals surface area contributed by atoms with Crippen molar-refractivity contribution in [1.82, 2.24) is 10.3 Å². The first-order valence-corrected chi connectivity index (χ1v) is 9.51. The number of hydrogen-bond acceptors (Lipinski definition) is 9. The number of hydrogen-bond donors (Lipinski definition) is 4. The molecular formula is C19H27N5O4S. The summed E-state index contributed by atoms with van der Waals surface area (Å²) in [5, 5.41) is 12.7. The number of aliphatic hydroxyl groups excluding tert-OH is 1. The molecule has 0 fully saturated rings. The number of carbonyl (C=O) groups is 2. The molecule has 1 heterocycles. The van der Waals surface area contributed by atoms with Gasteiger partial charge in [0.15, 0.2) is 0 Å². The van der Waals surface area contributed by atoms with E-state index in [-0.39, 0.29) is 5.71 Å². The number of rotatable bonds is 8. The van der Waals surface area contributed by atoms with Crippen LogP contribution in [-0.4, -0.2) is 54.2 Å². The Morgan fingerprint density at radius 3 is 2.66 bits per heavy atom. The average Bonchev–Trinajstić information content (AvgIpc) is 3.15. The summed E-state index contributed by atoms with van der Waals surface area (Å²) < 4.78 is 5.75. The molecule has 0 aliphatic carbocycles. The molecule has 9 nitrogen and oxygen atoms in total. The molecule has 1 aromatic heterocycles. The van der Waals surface area contributed by atoms with Crippen molar-refractivity contribution in [3.63, 3.8) is 0 Å². The molecule has 0 saturated carbocycles. The standard InChI is InChI=1S/C18H22N4O4S.CH5N/c1-11-21-7-13(27-11)8-26-12-4-5-15(19)14(6-12)16(20-3)17(25)22-18(2,9-23)10-24;1-2/h4-7,9,24H,8,10,19H2,1-3H3,(H,22,25);2H2,1H3. The predicted octanol–water partition coefficient (Wildman–Crippen LogP) is 0.673. The van der Waals surface area contributed by atoms with E-state index in [1.54, 1.807) is 24.4 Å². The van der Waals surface area contributed by atoms with Crippen LogP contribution in [0.2, 0.25) is 0 Å². The number of carbonyl (C=O) groups excluding carboxylic acids is 2. The second-order valence-electron chi connectivity index (χ2n) is 6.10. The van der Waals surface area contributed by atoms with Crippen LogP contribution in [0, 0.1) is 6.92 Å². The van der Waals surface area contributed by atoms with Crippen molar-refractivity contribution >= 4 is 34.9 Å². The Bertz CT molecular complexity index is 868. The molecule has 10 heteroatoms. The molecule has 0 bridgehead atoms. The molecule has 1 amide bonds. The number of aryl methyl sites for hydroxylation is 1. The van der Waals surface area contributed by atoms with Crippen molar-refractivity contribution in [2.24, 2.45) is 10.7 Å². The Hall–Kier alpha value is -2.82. The lowest BCUT2D eigenvalue weighted by atomic mass is 10.0. The fourth-order valence-corrected chi connectivity index (χ4v) is 2.93. The summed E-state index contributed by atoms with van der Waals surface area (Å²) in [4.78, 5) is 32.8. The molecule has 0 aliphatic rings. The lowest BCUT2D eigenvalue weighted by Gasteiger charge is -2.22. The molecule has 2 aromatic rings. The van der Waals surface area contributed by atoms with Crippen LogP contribution in [-0.2, 0) is 16.2 Å². The molecule has 1 aromatic carbocycles. The highest BCUT2D eigenvalue weighted by molar-refractivity contribution is 7.11. The Labute approximate surface area is 173 Å². The van der Waals surface area contributed by atoms with E-state index in [4.69, 9.17) is 10.5 Å². The Morgan fingerprint density at radius 2 is 2.14 bits per heavy atom. The molecule has 0 aliphatic heterocycles. The zero-order valence-corrected chi connectivity index (χ0v) is 17.7. The number of aromatic nitrogens is 1. The molecule has 1 unspecified atom stereocenters. The van der Waals surface area contributed by atoms with Gasteiger partial charge in [0.1, 0.15) is 29.9 Å². The van der Waals surface area contributed by atoms with E-state index in [2.05, 4.69) is 21.0 Å². The van der Waals surface area contributed by atoms with E-state index in [9.17, 15) is 14.7 Å². The summed E-state index contributed by atoms with van der Waals surface area (Å²) in [6.45, 7) is 3.13. The maximum atomic E-state index is 12.5. The van der Waals surface area contributed by atoms with Crippen molar-refractivity contribution in [3.05, 3.63) is 39.8 Å². The number of nitrogens with one attached hydrogen (secondary N) is 1. The van der Waals surface area contributed by atoms with Crippen LogP contribution in [0.3, 0.4) is 0 Å². The van der Waals surface area contributed by atoms with Crippen molar-refractivity contribution in [3.8, 4) is 5.75 Å². The predicted molar refractivity (Wildman–Crippen MR) is 114 cm³/mol. The third-order valence-corrected chi connectivity index (χ3v) is 4.64. The van der Waals surface area contributed by atoms with Crippen LogP contribution >= 0.6 is 11.3 Å². The molecule has 158 valence electrons. The Kier molecular flexibility index (Phi) is 9.39. The minimum atomic E-state index is -1.40. The highest BCUT2D eigenvalue weighted by atomic mass is 32.1. The molecule has 0 spiro atoms. The fraction of sp³-hybridized carbons (Fsp3) is 0.368. The van der Waals surface area contributed by atoms with Gasteiger partial charge in [-0.1, -0.05) is 0 Å². The van der Waals surface area contributed by atoms with Gasteiger partial charge in [-0.15, -0.1) is 11.3 Å². The molecular weight excluding hydrogens is 394 g/mol. The monoisotopic (exact) mass is 421 g/mol. The van der Waals surface area contributed by atoms with Crippen LogP contribution in [0.4, 0.5) is 5.69 Å². The number of anilines is 1. The number of aliphatic hydroxyl groups is 1. The van der Waals surface area contributed by atoms with E-state index in [1.165, 1.54) is 32.4 Å². The van der Waals surface area contributed by atoms with Gasteiger partial charge in [0.25, 0.3) is 5.91 Å². The number of amides is 1. The zero-order valence-electron chi connectivity index (χ0n) is 16.9. The lowest BCUT2D eigenvalue weighted by Crippen LogP contribution is -2.52. The molecule has 1 atom stereocenters. The quantitative estimate of drug-likeness (QED) is 0.278. The molecule has 2 rings (SSSR count). The van der Waals surface area contributed by atoms with Gasteiger partial charge in [-0.25, -0.2) is 4.98 Å². The minimum Gasteiger partial charge on any atom is -0.488 e. The van der Waals surface area contributed by atoms with Crippen LogP contribution in [0.15, 0.2) is 29.4 Å². The zero-order chi connectivity index (χ0) is 22.0. The van der Waals surface area contributed by atoms with Gasteiger partial charge in [-0.2, -0.15) is 0 Å². The van der Waals surface area contributed by atoms with Gasteiger partial charge in [0, 0.05) is 24.5 Å². The second-order valence-corrected chi connectivity index (χ2v) is 7.42. The highest BCUT2D eigenvalue weighted by Crippen LogP contribution is 2.23. The summed E-state index contributed by atoms with van der Waals surface area (Å²) in [6.07, 6.45) is 2.22. The topological polar surface area (TPSA) is 153 Å². The van der Waals surface area contributed by atoms with Crippen molar-refractivity contribution < 1.29 is 19.4 Å². The first-order chi connectivity index (χ1) is 13.8. The number of aliphatic imine (C=N–C) groups is 1. The van der Waals surface area contributed by atoms with Crippen molar-refractivity contribution in [2.45, 2.75) is 26.0 Å². The number of ether oxygens (including phenoxy) is 1. The largest absolute Gasteiger partial charge is 0.488 e. The van der Waals surface area contributed by atoms with Crippen molar-refractivity contribution in [2.75, 3.05) is 26.4 Å². The van der Waals surface area contributed by atoms with E-state index in [0.29, 0.717) is 29.9 Å². The number of nitrogen functional groups attached to an aromatic ring is 1. The summed E-state index contributed by atoms with van der Waals surface area (Å²) in [6, 6.07) is 4.93. The molecule has 6 N–H and O–H groups in total. The lowest BCUT2D eigenvalue weighted by molar-refractivity contribution is -0.122. The minimum absolute atomic E-state index is 0.0353. The van der Waals surface area contributed by atoms with Crippen LogP contribution in [0.1, 0.15) is 22.4 Å². The molecule has 0 saturated heterocycles. The second kappa shape index (κ2) is 11.2. The van der Waals surface area contributed by atoms with Crippen LogP contribution in [0.25, 0.3) is 0 Å². The van der Waals surface area contributed by atoms with E-state index in [0.717, 1.165) is 9.88 Å². The number of thiazole rings is 1. The van der Waals surface area contributed by atoms with Gasteiger partial charge in [0.2, 0.25) is 0 Å². The van der Waals surface area contributed by atoms with Gasteiger partial charge in [0.05, 0.1) is 16.5 Å². The van der Waals surface area contributed by atoms with E-state index >= 15 is 0 Å². The van der Waals surface area contributed by atoms with Crippen LogP contribution in [0.5, 0.6) is 5.75 Å². The molecule has 29 heavy (non-hydrogen) atoms. The summed E-state index contributed by atoms with van der Waals surface area (Å²) >= 11 is 1.54. The van der Waals surface area contributed by atoms with E-state index < -0.39 is 18.1 Å². The van der Waals surface area contributed by atoms with Gasteiger partial charge in [-0.3, -0.25) is 9.79 Å². The third kappa shape index (κ3) is 6.63. The normalized spacial score (nSPS) is 13.0. The molecule has 0 radical (unpaired) electrons.